The number of carboxylic acid groups (broad SMARTS) is 1. The van der Waals surface area contributed by atoms with Crippen molar-refractivity contribution in [2.75, 3.05) is 7.11 Å². The monoisotopic (exact) mass is 421 g/mol. The third-order valence-electron chi connectivity index (χ3n) is 5.91. The van der Waals surface area contributed by atoms with Gasteiger partial charge in [-0.1, -0.05) is 30.3 Å². The van der Waals surface area contributed by atoms with Crippen LogP contribution in [-0.2, 0) is 36.0 Å². The summed E-state index contributed by atoms with van der Waals surface area (Å²) in [6, 6.07) is 14.1. The molecule has 0 amide bonds. The number of hydrogen-bond acceptors (Lipinski definition) is 5. The van der Waals surface area contributed by atoms with Crippen molar-refractivity contribution in [2.45, 2.75) is 44.3 Å². The second-order valence-corrected chi connectivity index (χ2v) is 8.01. The number of carbonyl (C=O) groups is 1. The van der Waals surface area contributed by atoms with Gasteiger partial charge in [-0.05, 0) is 53.6 Å². The lowest BCUT2D eigenvalue weighted by Crippen LogP contribution is -2.21. The molecule has 0 radical (unpaired) electrons. The van der Waals surface area contributed by atoms with E-state index in [1.807, 2.05) is 31.3 Å². The van der Waals surface area contributed by atoms with Gasteiger partial charge >= 0.3 is 5.97 Å². The maximum absolute atomic E-state index is 11.4. The van der Waals surface area contributed by atoms with Crippen LogP contribution in [0.2, 0.25) is 0 Å². The number of ether oxygens (including phenoxy) is 2. The minimum absolute atomic E-state index is 0.0498. The van der Waals surface area contributed by atoms with Crippen LogP contribution in [0, 0.1) is 0 Å². The fourth-order valence-electron chi connectivity index (χ4n) is 4.17. The van der Waals surface area contributed by atoms with Crippen LogP contribution >= 0.6 is 0 Å². The summed E-state index contributed by atoms with van der Waals surface area (Å²) >= 11 is 0. The summed E-state index contributed by atoms with van der Waals surface area (Å²) in [6.45, 7) is 0.488. The molecule has 1 aromatic heterocycles. The number of carboxylic acids is 1. The predicted molar refractivity (Wildman–Crippen MR) is 115 cm³/mol. The van der Waals surface area contributed by atoms with Gasteiger partial charge in [0.15, 0.2) is 0 Å². The molecule has 0 saturated carbocycles. The highest BCUT2D eigenvalue weighted by Crippen LogP contribution is 2.29. The third kappa shape index (κ3) is 4.94. The average Bonchev–Trinajstić information content (AvgIpc) is 3.21. The van der Waals surface area contributed by atoms with E-state index in [4.69, 9.17) is 9.47 Å². The van der Waals surface area contributed by atoms with Gasteiger partial charge in [-0.15, -0.1) is 10.2 Å². The minimum atomic E-state index is -0.877. The molecule has 0 fully saturated rings. The number of aromatic nitrogens is 3. The Bertz CT molecular complexity index is 1050. The van der Waals surface area contributed by atoms with Crippen molar-refractivity contribution in [3.05, 3.63) is 76.9 Å². The van der Waals surface area contributed by atoms with Crippen molar-refractivity contribution < 1.29 is 19.4 Å². The maximum atomic E-state index is 11.4. The van der Waals surface area contributed by atoms with Crippen LogP contribution in [0.5, 0.6) is 5.75 Å². The highest BCUT2D eigenvalue weighted by molar-refractivity contribution is 5.68. The number of aryl methyl sites for hydroxylation is 2. The SMILES string of the molecule is COC1CCc2cc(COc3ccc(C(CC(=O)O)c4nncn4C)cc3)ccc2C1. The Morgan fingerprint density at radius 1 is 1.23 bits per heavy atom. The van der Waals surface area contributed by atoms with E-state index in [2.05, 4.69) is 28.4 Å². The number of nitrogens with zero attached hydrogens (tertiary/aromatic N) is 3. The summed E-state index contributed by atoms with van der Waals surface area (Å²) < 4.78 is 13.2. The summed E-state index contributed by atoms with van der Waals surface area (Å²) in [5.74, 6) is 0.127. The van der Waals surface area contributed by atoms with E-state index in [1.165, 1.54) is 11.1 Å². The van der Waals surface area contributed by atoms with E-state index >= 15 is 0 Å². The van der Waals surface area contributed by atoms with Crippen LogP contribution in [0.4, 0.5) is 0 Å². The van der Waals surface area contributed by atoms with E-state index in [0.29, 0.717) is 18.5 Å². The first kappa shape index (κ1) is 21.1. The predicted octanol–water partition coefficient (Wildman–Crippen LogP) is 3.50. The van der Waals surface area contributed by atoms with Gasteiger partial charge in [-0.2, -0.15) is 0 Å². The highest BCUT2D eigenvalue weighted by atomic mass is 16.5. The Morgan fingerprint density at radius 2 is 2.03 bits per heavy atom. The smallest absolute Gasteiger partial charge is 0.304 e. The van der Waals surface area contributed by atoms with Gasteiger partial charge in [0, 0.05) is 14.2 Å². The number of aliphatic carboxylic acids is 1. The molecule has 162 valence electrons. The molecule has 3 aromatic rings. The first-order valence-corrected chi connectivity index (χ1v) is 10.5. The molecule has 2 unspecified atom stereocenters. The molecule has 1 heterocycles. The quantitative estimate of drug-likeness (QED) is 0.599. The lowest BCUT2D eigenvalue weighted by atomic mass is 9.88. The van der Waals surface area contributed by atoms with Crippen molar-refractivity contribution in [1.29, 1.82) is 0 Å². The molecule has 1 N–H and O–H groups in total. The summed E-state index contributed by atoms with van der Waals surface area (Å²) in [7, 11) is 3.59. The Hall–Kier alpha value is -3.19. The number of rotatable bonds is 8. The molecule has 7 nitrogen and oxygen atoms in total. The van der Waals surface area contributed by atoms with E-state index in [0.717, 1.165) is 36.1 Å². The van der Waals surface area contributed by atoms with E-state index in [-0.39, 0.29) is 12.3 Å². The zero-order valence-electron chi connectivity index (χ0n) is 17.8. The molecule has 7 heteroatoms. The minimum Gasteiger partial charge on any atom is -0.489 e. The second kappa shape index (κ2) is 9.31. The van der Waals surface area contributed by atoms with Crippen LogP contribution in [0.25, 0.3) is 0 Å². The number of hydrogen-bond donors (Lipinski definition) is 1. The summed E-state index contributed by atoms with van der Waals surface area (Å²) in [6.07, 6.45) is 4.90. The van der Waals surface area contributed by atoms with Crippen molar-refractivity contribution in [3.8, 4) is 5.75 Å². The van der Waals surface area contributed by atoms with E-state index in [9.17, 15) is 9.90 Å². The van der Waals surface area contributed by atoms with Gasteiger partial charge in [0.1, 0.15) is 24.5 Å². The average molecular weight is 421 g/mol. The zero-order chi connectivity index (χ0) is 21.8. The van der Waals surface area contributed by atoms with Crippen LogP contribution in [0.3, 0.4) is 0 Å². The second-order valence-electron chi connectivity index (χ2n) is 8.01. The molecular weight excluding hydrogens is 394 g/mol. The summed E-state index contributed by atoms with van der Waals surface area (Å²) in [4.78, 5) is 11.4. The standard InChI is InChI=1S/C24H27N3O4/c1-27-15-25-26-24(27)22(13-23(28)29)17-5-8-20(9-6-17)31-14-16-3-4-19-12-21(30-2)10-7-18(19)11-16/h3-6,8-9,11,15,21-22H,7,10,12-14H2,1-2H3,(H,28,29). The van der Waals surface area contributed by atoms with Crippen LogP contribution in [0.15, 0.2) is 48.8 Å². The van der Waals surface area contributed by atoms with E-state index in [1.54, 1.807) is 18.0 Å². The van der Waals surface area contributed by atoms with Gasteiger partial charge < -0.3 is 19.1 Å². The van der Waals surface area contributed by atoms with Crippen molar-refractivity contribution in [1.82, 2.24) is 14.8 Å². The fourth-order valence-corrected chi connectivity index (χ4v) is 4.17. The molecule has 0 spiro atoms. The Labute approximate surface area is 181 Å². The van der Waals surface area contributed by atoms with Gasteiger partial charge in [0.2, 0.25) is 0 Å². The molecule has 0 bridgehead atoms. The van der Waals surface area contributed by atoms with E-state index < -0.39 is 5.97 Å². The molecule has 2 atom stereocenters. The number of methoxy groups -OCH3 is 1. The van der Waals surface area contributed by atoms with Crippen molar-refractivity contribution >= 4 is 5.97 Å². The molecule has 31 heavy (non-hydrogen) atoms. The molecule has 0 aliphatic heterocycles. The normalized spacial score (nSPS) is 16.5. The summed E-state index contributed by atoms with van der Waals surface area (Å²) in [5, 5.41) is 17.3. The maximum Gasteiger partial charge on any atom is 0.304 e. The van der Waals surface area contributed by atoms with Gasteiger partial charge in [0.05, 0.1) is 18.4 Å². The van der Waals surface area contributed by atoms with Gasteiger partial charge in [-0.3, -0.25) is 4.79 Å². The Kier molecular flexibility index (Phi) is 6.32. The molecular formula is C24H27N3O4. The van der Waals surface area contributed by atoms with Gasteiger partial charge in [-0.25, -0.2) is 0 Å². The molecule has 1 aliphatic carbocycles. The fraction of sp³-hybridized carbons (Fsp3) is 0.375. The largest absolute Gasteiger partial charge is 0.489 e. The van der Waals surface area contributed by atoms with Crippen LogP contribution in [-0.4, -0.2) is 39.1 Å². The Morgan fingerprint density at radius 3 is 2.71 bits per heavy atom. The van der Waals surface area contributed by atoms with Crippen molar-refractivity contribution in [3.63, 3.8) is 0 Å². The highest BCUT2D eigenvalue weighted by Gasteiger charge is 2.22. The number of benzene rings is 2. The third-order valence-corrected chi connectivity index (χ3v) is 5.91. The lowest BCUT2D eigenvalue weighted by molar-refractivity contribution is -0.137. The lowest BCUT2D eigenvalue weighted by Gasteiger charge is -2.24. The first-order chi connectivity index (χ1) is 15.0. The number of fused-ring (bicyclic) bond motifs is 1. The van der Waals surface area contributed by atoms with Crippen LogP contribution < -0.4 is 4.74 Å². The molecule has 0 saturated heterocycles. The summed E-state index contributed by atoms with van der Waals surface area (Å²) in [5.41, 5.74) is 4.75. The topological polar surface area (TPSA) is 86.5 Å². The molecule has 1 aliphatic rings. The molecule has 4 rings (SSSR count). The Balaban J connectivity index is 1.43. The van der Waals surface area contributed by atoms with Crippen molar-refractivity contribution in [2.24, 2.45) is 7.05 Å². The van der Waals surface area contributed by atoms with Gasteiger partial charge in [0.25, 0.3) is 0 Å². The first-order valence-electron chi connectivity index (χ1n) is 10.5. The zero-order valence-corrected chi connectivity index (χ0v) is 17.8. The van der Waals surface area contributed by atoms with Crippen LogP contribution in [0.1, 0.15) is 46.8 Å². The molecule has 2 aromatic carbocycles.